The average molecular weight is 485 g/mol. The van der Waals surface area contributed by atoms with Crippen molar-refractivity contribution in [2.45, 2.75) is 6.04 Å². The highest BCUT2D eigenvalue weighted by Gasteiger charge is 2.35. The normalized spacial score (nSPS) is 15.1. The summed E-state index contributed by atoms with van der Waals surface area (Å²) in [6.07, 6.45) is 0. The van der Waals surface area contributed by atoms with E-state index in [1.54, 1.807) is 30.3 Å². The lowest BCUT2D eigenvalue weighted by Gasteiger charge is -2.31. The Morgan fingerprint density at radius 3 is 2.24 bits per heavy atom. The van der Waals surface area contributed by atoms with Gasteiger partial charge in [-0.05, 0) is 48.0 Å². The minimum absolute atomic E-state index is 0.222. The Morgan fingerprint density at radius 2 is 1.65 bits per heavy atom. The van der Waals surface area contributed by atoms with Crippen LogP contribution in [0.25, 0.3) is 0 Å². The number of halogens is 2. The van der Waals surface area contributed by atoms with Gasteiger partial charge in [-0.1, -0.05) is 23.7 Å². The van der Waals surface area contributed by atoms with Gasteiger partial charge in [0.25, 0.3) is 5.91 Å². The summed E-state index contributed by atoms with van der Waals surface area (Å²) in [4.78, 5) is 28.1. The number of hydrogen-bond acceptors (Lipinski definition) is 5. The fraction of sp³-hybridized carbons (Fsp3) is 0.200. The number of carbonyl (C=O) groups is 2. The highest BCUT2D eigenvalue weighted by Crippen LogP contribution is 2.41. The maximum atomic E-state index is 13.9. The fourth-order valence-corrected chi connectivity index (χ4v) is 4.22. The Labute approximate surface area is 201 Å². The van der Waals surface area contributed by atoms with Crippen LogP contribution in [-0.4, -0.2) is 44.6 Å². The van der Waals surface area contributed by atoms with Gasteiger partial charge in [0.2, 0.25) is 11.7 Å². The van der Waals surface area contributed by atoms with E-state index in [2.05, 4.69) is 5.32 Å². The van der Waals surface area contributed by atoms with Crippen LogP contribution in [0.1, 0.15) is 27.5 Å². The second-order valence-corrected chi connectivity index (χ2v) is 8.02. The van der Waals surface area contributed by atoms with E-state index in [-0.39, 0.29) is 18.0 Å². The van der Waals surface area contributed by atoms with Crippen molar-refractivity contribution < 1.29 is 28.2 Å². The minimum Gasteiger partial charge on any atom is -0.493 e. The number of hydrogen-bond donors (Lipinski definition) is 1. The van der Waals surface area contributed by atoms with Crippen LogP contribution >= 0.6 is 11.6 Å². The highest BCUT2D eigenvalue weighted by atomic mass is 35.5. The summed E-state index contributed by atoms with van der Waals surface area (Å²) in [5.41, 5.74) is 1.96. The number of fused-ring (bicyclic) bond motifs is 1. The van der Waals surface area contributed by atoms with Crippen LogP contribution in [0.3, 0.4) is 0 Å². The van der Waals surface area contributed by atoms with E-state index in [1.165, 1.54) is 50.5 Å². The van der Waals surface area contributed by atoms with E-state index in [0.717, 1.165) is 0 Å². The number of amides is 2. The van der Waals surface area contributed by atoms with Crippen molar-refractivity contribution in [2.24, 2.45) is 0 Å². The zero-order chi connectivity index (χ0) is 24.4. The quantitative estimate of drug-likeness (QED) is 0.568. The second-order valence-electron chi connectivity index (χ2n) is 7.58. The summed E-state index contributed by atoms with van der Waals surface area (Å²) in [6, 6.07) is 13.1. The molecule has 3 aromatic rings. The minimum atomic E-state index is -0.722. The first kappa shape index (κ1) is 23.4. The van der Waals surface area contributed by atoms with E-state index < -0.39 is 17.8 Å². The van der Waals surface area contributed by atoms with Crippen molar-refractivity contribution in [2.75, 3.05) is 33.2 Å². The molecule has 0 aromatic heterocycles. The number of methoxy groups -OCH3 is 3. The molecular formula is C25H22ClFN2O5. The molecule has 0 spiro atoms. The largest absolute Gasteiger partial charge is 0.493 e. The van der Waals surface area contributed by atoms with Crippen molar-refractivity contribution >= 4 is 29.1 Å². The van der Waals surface area contributed by atoms with Crippen molar-refractivity contribution in [3.05, 3.63) is 82.1 Å². The van der Waals surface area contributed by atoms with E-state index >= 15 is 0 Å². The molecule has 2 amide bonds. The molecule has 1 unspecified atom stereocenters. The molecule has 0 saturated heterocycles. The summed E-state index contributed by atoms with van der Waals surface area (Å²) in [5, 5.41) is 3.26. The molecule has 0 saturated carbocycles. The molecule has 7 nitrogen and oxygen atoms in total. The SMILES string of the molecule is COc1cc(C(=O)N2CC(=O)Nc3ccc(Cl)cc3C2c2ccc(F)cc2)cc(OC)c1OC. The maximum absolute atomic E-state index is 13.9. The lowest BCUT2D eigenvalue weighted by atomic mass is 9.95. The third-order valence-corrected chi connectivity index (χ3v) is 5.80. The van der Waals surface area contributed by atoms with Crippen LogP contribution in [-0.2, 0) is 4.79 Å². The predicted octanol–water partition coefficient (Wildman–Crippen LogP) is 4.69. The Hall–Kier alpha value is -3.78. The van der Waals surface area contributed by atoms with E-state index in [1.807, 2.05) is 0 Å². The first-order chi connectivity index (χ1) is 16.4. The van der Waals surface area contributed by atoms with Crippen molar-refractivity contribution in [1.29, 1.82) is 0 Å². The van der Waals surface area contributed by atoms with Gasteiger partial charge in [-0.2, -0.15) is 0 Å². The number of rotatable bonds is 5. The molecule has 0 fully saturated rings. The number of nitrogens with zero attached hydrogens (tertiary/aromatic N) is 1. The lowest BCUT2D eigenvalue weighted by molar-refractivity contribution is -0.117. The third kappa shape index (κ3) is 4.36. The average Bonchev–Trinajstić information content (AvgIpc) is 2.98. The molecule has 1 heterocycles. The molecule has 1 atom stereocenters. The molecule has 4 rings (SSSR count). The molecule has 176 valence electrons. The molecule has 1 aliphatic heterocycles. The van der Waals surface area contributed by atoms with Crippen LogP contribution in [0.2, 0.25) is 5.02 Å². The van der Waals surface area contributed by atoms with E-state index in [4.69, 9.17) is 25.8 Å². The lowest BCUT2D eigenvalue weighted by Crippen LogP contribution is -2.39. The number of benzene rings is 3. The van der Waals surface area contributed by atoms with E-state index in [9.17, 15) is 14.0 Å². The summed E-state index contributed by atoms with van der Waals surface area (Å²) in [7, 11) is 4.36. The van der Waals surface area contributed by atoms with Gasteiger partial charge in [0.1, 0.15) is 12.4 Å². The van der Waals surface area contributed by atoms with Crippen molar-refractivity contribution in [3.8, 4) is 17.2 Å². The fourth-order valence-electron chi connectivity index (χ4n) is 4.04. The highest BCUT2D eigenvalue weighted by molar-refractivity contribution is 6.30. The maximum Gasteiger partial charge on any atom is 0.255 e. The van der Waals surface area contributed by atoms with Gasteiger partial charge in [-0.3, -0.25) is 9.59 Å². The van der Waals surface area contributed by atoms with Gasteiger partial charge >= 0.3 is 0 Å². The first-order valence-electron chi connectivity index (χ1n) is 10.3. The number of anilines is 1. The van der Waals surface area contributed by atoms with Gasteiger partial charge < -0.3 is 24.4 Å². The second kappa shape index (κ2) is 9.61. The first-order valence-corrected chi connectivity index (χ1v) is 10.7. The van der Waals surface area contributed by atoms with Gasteiger partial charge in [0.15, 0.2) is 11.5 Å². The smallest absolute Gasteiger partial charge is 0.255 e. The van der Waals surface area contributed by atoms with Crippen LogP contribution in [0, 0.1) is 5.82 Å². The molecule has 0 radical (unpaired) electrons. The molecule has 9 heteroatoms. The zero-order valence-corrected chi connectivity index (χ0v) is 19.5. The Bertz CT molecular complexity index is 1220. The molecule has 1 N–H and O–H groups in total. The molecule has 1 aliphatic rings. The van der Waals surface area contributed by atoms with Gasteiger partial charge in [0, 0.05) is 21.8 Å². The van der Waals surface area contributed by atoms with Crippen LogP contribution in [0.5, 0.6) is 17.2 Å². The van der Waals surface area contributed by atoms with Gasteiger partial charge in [-0.25, -0.2) is 4.39 Å². The third-order valence-electron chi connectivity index (χ3n) is 5.57. The summed E-state index contributed by atoms with van der Waals surface area (Å²) in [5.74, 6) is -0.328. The van der Waals surface area contributed by atoms with E-state index in [0.29, 0.717) is 39.1 Å². The molecular weight excluding hydrogens is 463 g/mol. The standard InChI is InChI=1S/C25H22ClFN2O5/c1-32-20-10-15(11-21(33-2)24(20)34-3)25(31)29-13-22(30)28-19-9-6-16(26)12-18(19)23(29)14-4-7-17(27)8-5-14/h4-12,23H,13H2,1-3H3,(H,28,30). The van der Waals surface area contributed by atoms with Gasteiger partial charge in [-0.15, -0.1) is 0 Å². The molecule has 0 bridgehead atoms. The molecule has 3 aromatic carbocycles. The number of nitrogens with one attached hydrogen (secondary N) is 1. The van der Waals surface area contributed by atoms with Crippen molar-refractivity contribution in [3.63, 3.8) is 0 Å². The summed E-state index contributed by atoms with van der Waals surface area (Å²) >= 11 is 6.28. The van der Waals surface area contributed by atoms with Crippen LogP contribution in [0.15, 0.2) is 54.6 Å². The van der Waals surface area contributed by atoms with Crippen molar-refractivity contribution in [1.82, 2.24) is 4.90 Å². The predicted molar refractivity (Wildman–Crippen MR) is 125 cm³/mol. The van der Waals surface area contributed by atoms with Crippen LogP contribution in [0.4, 0.5) is 10.1 Å². The number of carbonyl (C=O) groups excluding carboxylic acids is 2. The molecule has 34 heavy (non-hydrogen) atoms. The molecule has 0 aliphatic carbocycles. The Kier molecular flexibility index (Phi) is 6.61. The Morgan fingerprint density at radius 1 is 1.00 bits per heavy atom. The number of ether oxygens (including phenoxy) is 3. The summed E-state index contributed by atoms with van der Waals surface area (Å²) < 4.78 is 29.8. The zero-order valence-electron chi connectivity index (χ0n) is 18.7. The van der Waals surface area contributed by atoms with Gasteiger partial charge in [0.05, 0.1) is 27.4 Å². The Balaban J connectivity index is 1.90. The topological polar surface area (TPSA) is 77.1 Å². The summed E-state index contributed by atoms with van der Waals surface area (Å²) in [6.45, 7) is -0.246. The van der Waals surface area contributed by atoms with Crippen LogP contribution < -0.4 is 19.5 Å². The monoisotopic (exact) mass is 484 g/mol.